The summed E-state index contributed by atoms with van der Waals surface area (Å²) < 4.78 is 15.6. The number of nitrogens with one attached hydrogen (secondary N) is 1. The summed E-state index contributed by atoms with van der Waals surface area (Å²) in [6, 6.07) is 6.97. The molecule has 10 nitrogen and oxygen atoms in total. The number of hydrogen-bond acceptors (Lipinski definition) is 7. The van der Waals surface area contributed by atoms with Gasteiger partial charge in [0.1, 0.15) is 0 Å². The third-order valence-corrected chi connectivity index (χ3v) is 4.96. The van der Waals surface area contributed by atoms with Crippen molar-refractivity contribution in [1.82, 2.24) is 25.3 Å². The molecule has 0 unspecified atom stereocenters. The van der Waals surface area contributed by atoms with Gasteiger partial charge >= 0.3 is 6.03 Å². The minimum atomic E-state index is -0.152. The number of benzene rings is 1. The molecule has 0 radical (unpaired) electrons. The second kappa shape index (κ2) is 11.4. The first-order valence-corrected chi connectivity index (χ1v) is 10.4. The Balaban J connectivity index is 1.49. The topological polar surface area (TPSA) is 110 Å². The van der Waals surface area contributed by atoms with Crippen molar-refractivity contribution < 1.29 is 23.6 Å². The van der Waals surface area contributed by atoms with Crippen molar-refractivity contribution in [3.8, 4) is 11.5 Å². The third kappa shape index (κ3) is 6.50. The van der Waals surface area contributed by atoms with E-state index in [2.05, 4.69) is 15.5 Å². The van der Waals surface area contributed by atoms with Gasteiger partial charge in [-0.25, -0.2) is 4.79 Å². The largest absolute Gasteiger partial charge is 0.385 e. The number of carbonyl (C=O) groups excluding carboxylic acids is 2. The standard InChI is InChI=1S/C21H29N5O5/c1-25(21(28)22-9-3-13-29-2)10-8-18-23-19(31-24-18)16-4-6-17(7-5-16)20(27)26-11-14-30-15-12-26/h4-7H,3,8-15H2,1-2H3,(H,22,28). The summed E-state index contributed by atoms with van der Waals surface area (Å²) in [7, 11) is 3.35. The van der Waals surface area contributed by atoms with Crippen LogP contribution < -0.4 is 5.32 Å². The fourth-order valence-electron chi connectivity index (χ4n) is 3.09. The lowest BCUT2D eigenvalue weighted by Gasteiger charge is -2.26. The predicted octanol–water partition coefficient (Wildman–Crippen LogP) is 1.43. The molecule has 3 rings (SSSR count). The van der Waals surface area contributed by atoms with Crippen LogP contribution in [0.4, 0.5) is 4.79 Å². The van der Waals surface area contributed by atoms with Gasteiger partial charge in [0, 0.05) is 64.5 Å². The summed E-state index contributed by atoms with van der Waals surface area (Å²) in [5.41, 5.74) is 1.35. The summed E-state index contributed by atoms with van der Waals surface area (Å²) in [6.07, 6.45) is 1.24. The van der Waals surface area contributed by atoms with E-state index in [0.717, 1.165) is 12.0 Å². The zero-order valence-electron chi connectivity index (χ0n) is 18.0. The van der Waals surface area contributed by atoms with E-state index in [1.807, 2.05) is 0 Å². The van der Waals surface area contributed by atoms with Crippen molar-refractivity contribution in [1.29, 1.82) is 0 Å². The lowest BCUT2D eigenvalue weighted by molar-refractivity contribution is 0.0303. The Bertz CT molecular complexity index is 848. The zero-order valence-corrected chi connectivity index (χ0v) is 18.0. The monoisotopic (exact) mass is 431 g/mol. The molecule has 2 heterocycles. The summed E-state index contributed by atoms with van der Waals surface area (Å²) in [4.78, 5) is 32.3. The molecule has 0 atom stereocenters. The maximum absolute atomic E-state index is 12.5. The number of hydrogen-bond donors (Lipinski definition) is 1. The molecule has 1 N–H and O–H groups in total. The van der Waals surface area contributed by atoms with Crippen molar-refractivity contribution in [3.63, 3.8) is 0 Å². The van der Waals surface area contributed by atoms with E-state index in [9.17, 15) is 9.59 Å². The summed E-state index contributed by atoms with van der Waals surface area (Å²) in [5, 5.41) is 6.82. The highest BCUT2D eigenvalue weighted by molar-refractivity contribution is 5.94. The second-order valence-corrected chi connectivity index (χ2v) is 7.25. The Morgan fingerprint density at radius 3 is 2.68 bits per heavy atom. The van der Waals surface area contributed by atoms with Crippen LogP contribution in [0.2, 0.25) is 0 Å². The first-order valence-electron chi connectivity index (χ1n) is 10.4. The van der Waals surface area contributed by atoms with Gasteiger partial charge in [0.2, 0.25) is 0 Å². The lowest BCUT2D eigenvalue weighted by atomic mass is 10.1. The molecule has 1 saturated heterocycles. The first kappa shape index (κ1) is 22.7. The van der Waals surface area contributed by atoms with E-state index >= 15 is 0 Å². The number of nitrogens with zero attached hydrogens (tertiary/aromatic N) is 4. The molecule has 168 valence electrons. The van der Waals surface area contributed by atoms with Gasteiger partial charge in [-0.1, -0.05) is 5.16 Å². The molecule has 2 aromatic rings. The maximum atomic E-state index is 12.5. The number of amides is 3. The van der Waals surface area contributed by atoms with Crippen molar-refractivity contribution in [2.24, 2.45) is 0 Å². The number of carbonyl (C=O) groups is 2. The molecule has 1 aromatic heterocycles. The van der Waals surface area contributed by atoms with Crippen LogP contribution >= 0.6 is 0 Å². The van der Waals surface area contributed by atoms with Crippen LogP contribution in [0.5, 0.6) is 0 Å². The Kier molecular flexibility index (Phi) is 8.36. The number of rotatable bonds is 9. The highest BCUT2D eigenvalue weighted by Gasteiger charge is 2.19. The SMILES string of the molecule is COCCCNC(=O)N(C)CCc1noc(-c2ccc(C(=O)N3CCOCC3)cc2)n1. The van der Waals surface area contributed by atoms with Gasteiger partial charge in [0.05, 0.1) is 13.2 Å². The fraction of sp³-hybridized carbons (Fsp3) is 0.524. The van der Waals surface area contributed by atoms with Crippen molar-refractivity contribution in [2.45, 2.75) is 12.8 Å². The Morgan fingerprint density at radius 1 is 1.23 bits per heavy atom. The number of aromatic nitrogens is 2. The number of morpholine rings is 1. The van der Waals surface area contributed by atoms with E-state index in [0.29, 0.717) is 69.7 Å². The van der Waals surface area contributed by atoms with E-state index < -0.39 is 0 Å². The average Bonchev–Trinajstić information content (AvgIpc) is 3.29. The van der Waals surface area contributed by atoms with Crippen LogP contribution in [-0.4, -0.2) is 92.0 Å². The van der Waals surface area contributed by atoms with Gasteiger partial charge in [0.25, 0.3) is 11.8 Å². The van der Waals surface area contributed by atoms with Gasteiger partial charge < -0.3 is 29.1 Å². The van der Waals surface area contributed by atoms with E-state index in [1.54, 1.807) is 48.2 Å². The molecule has 10 heteroatoms. The van der Waals surface area contributed by atoms with Crippen molar-refractivity contribution in [2.75, 3.05) is 60.2 Å². The highest BCUT2D eigenvalue weighted by atomic mass is 16.5. The molecule has 1 aliphatic rings. The number of ether oxygens (including phenoxy) is 2. The minimum absolute atomic E-state index is 0.00963. The van der Waals surface area contributed by atoms with Gasteiger partial charge in [-0.2, -0.15) is 4.98 Å². The molecule has 0 saturated carbocycles. The maximum Gasteiger partial charge on any atom is 0.317 e. The Labute approximate surface area is 181 Å². The Morgan fingerprint density at radius 2 is 1.97 bits per heavy atom. The molecular formula is C21H29N5O5. The predicted molar refractivity (Wildman–Crippen MR) is 113 cm³/mol. The highest BCUT2D eigenvalue weighted by Crippen LogP contribution is 2.19. The molecule has 1 aliphatic heterocycles. The molecule has 3 amide bonds. The number of methoxy groups -OCH3 is 1. The minimum Gasteiger partial charge on any atom is -0.385 e. The fourth-order valence-corrected chi connectivity index (χ4v) is 3.09. The van der Waals surface area contributed by atoms with Crippen LogP contribution in [0, 0.1) is 0 Å². The quantitative estimate of drug-likeness (QED) is 0.598. The first-order chi connectivity index (χ1) is 15.1. The van der Waals surface area contributed by atoms with Gasteiger partial charge in [-0.05, 0) is 30.7 Å². The van der Waals surface area contributed by atoms with Crippen LogP contribution in [0.15, 0.2) is 28.8 Å². The van der Waals surface area contributed by atoms with E-state index in [4.69, 9.17) is 14.0 Å². The molecule has 1 fully saturated rings. The van der Waals surface area contributed by atoms with E-state index in [-0.39, 0.29) is 11.9 Å². The molecular weight excluding hydrogens is 402 g/mol. The summed E-state index contributed by atoms with van der Waals surface area (Å²) in [5.74, 6) is 0.888. The van der Waals surface area contributed by atoms with E-state index in [1.165, 1.54) is 0 Å². The van der Waals surface area contributed by atoms with Crippen LogP contribution in [0.25, 0.3) is 11.5 Å². The zero-order chi connectivity index (χ0) is 22.1. The normalized spacial score (nSPS) is 13.8. The molecule has 0 bridgehead atoms. The molecule has 0 spiro atoms. The van der Waals surface area contributed by atoms with Gasteiger partial charge in [-0.15, -0.1) is 0 Å². The lowest BCUT2D eigenvalue weighted by Crippen LogP contribution is -2.40. The van der Waals surface area contributed by atoms with Crippen molar-refractivity contribution in [3.05, 3.63) is 35.7 Å². The van der Waals surface area contributed by atoms with Gasteiger partial charge in [0.15, 0.2) is 5.82 Å². The van der Waals surface area contributed by atoms with Gasteiger partial charge in [-0.3, -0.25) is 4.79 Å². The second-order valence-electron chi connectivity index (χ2n) is 7.25. The number of urea groups is 1. The molecule has 1 aromatic carbocycles. The van der Waals surface area contributed by atoms with Crippen LogP contribution in [0.3, 0.4) is 0 Å². The van der Waals surface area contributed by atoms with Crippen molar-refractivity contribution >= 4 is 11.9 Å². The molecule has 0 aliphatic carbocycles. The third-order valence-electron chi connectivity index (χ3n) is 4.96. The smallest absolute Gasteiger partial charge is 0.317 e. The van der Waals surface area contributed by atoms with Crippen LogP contribution in [-0.2, 0) is 15.9 Å². The number of likely N-dealkylation sites (N-methyl/N-ethyl adjacent to an activating group) is 1. The summed E-state index contributed by atoms with van der Waals surface area (Å²) >= 11 is 0. The van der Waals surface area contributed by atoms with Crippen LogP contribution in [0.1, 0.15) is 22.6 Å². The molecule has 31 heavy (non-hydrogen) atoms. The summed E-state index contributed by atoms with van der Waals surface area (Å²) in [6.45, 7) is 3.98. The Hall–Kier alpha value is -2.98. The average molecular weight is 431 g/mol.